The Balaban J connectivity index is 3.22. The molecule has 1 aromatic carbocycles. The van der Waals surface area contributed by atoms with Gasteiger partial charge in [0.05, 0.1) is 11.3 Å². The molecule has 0 fully saturated rings. The van der Waals surface area contributed by atoms with E-state index in [-0.39, 0.29) is 5.56 Å². The predicted octanol–water partition coefficient (Wildman–Crippen LogP) is 1.42. The lowest BCUT2D eigenvalue weighted by Crippen LogP contribution is -2.19. The topological polar surface area (TPSA) is 66.6 Å². The third-order valence-electron chi connectivity index (χ3n) is 2.14. The molecule has 3 N–H and O–H groups in total. The van der Waals surface area contributed by atoms with Gasteiger partial charge in [0.2, 0.25) is 0 Å². The second kappa shape index (κ2) is 4.00. The molecule has 0 unspecified atom stereocenters. The lowest BCUT2D eigenvalue weighted by molar-refractivity contribution is 0.0697. The molecule has 0 amide bonds. The zero-order valence-corrected chi connectivity index (χ0v) is 8.32. The first-order valence-corrected chi connectivity index (χ1v) is 4.40. The van der Waals surface area contributed by atoms with Crippen LogP contribution in [0.15, 0.2) is 18.2 Å². The Labute approximate surface area is 82.9 Å². The van der Waals surface area contributed by atoms with E-state index in [0.717, 1.165) is 6.54 Å². The van der Waals surface area contributed by atoms with E-state index in [4.69, 9.17) is 10.8 Å². The summed E-state index contributed by atoms with van der Waals surface area (Å²) in [6.45, 7) is 2.69. The van der Waals surface area contributed by atoms with Crippen molar-refractivity contribution in [1.82, 2.24) is 0 Å². The Morgan fingerprint density at radius 2 is 2.21 bits per heavy atom. The minimum Gasteiger partial charge on any atom is -0.478 e. The normalized spacial score (nSPS) is 9.86. The molecule has 0 radical (unpaired) electrons. The highest BCUT2D eigenvalue weighted by atomic mass is 16.4. The fourth-order valence-corrected chi connectivity index (χ4v) is 1.22. The van der Waals surface area contributed by atoms with Gasteiger partial charge in [-0.2, -0.15) is 0 Å². The van der Waals surface area contributed by atoms with Gasteiger partial charge in [-0.25, -0.2) is 4.79 Å². The minimum atomic E-state index is -0.930. The highest BCUT2D eigenvalue weighted by Crippen LogP contribution is 2.22. The molecule has 0 saturated heterocycles. The molecule has 0 aromatic heterocycles. The number of carbonyl (C=O) groups is 1. The van der Waals surface area contributed by atoms with Crippen LogP contribution in [0.1, 0.15) is 17.3 Å². The SMILES string of the molecule is CCN(C)c1cc(N)ccc1C(=O)O. The van der Waals surface area contributed by atoms with Crippen molar-refractivity contribution in [3.05, 3.63) is 23.8 Å². The Kier molecular flexibility index (Phi) is 2.96. The van der Waals surface area contributed by atoms with Gasteiger partial charge in [-0.1, -0.05) is 0 Å². The summed E-state index contributed by atoms with van der Waals surface area (Å²) >= 11 is 0. The lowest BCUT2D eigenvalue weighted by Gasteiger charge is -2.19. The zero-order chi connectivity index (χ0) is 10.7. The van der Waals surface area contributed by atoms with Crippen molar-refractivity contribution in [3.63, 3.8) is 0 Å². The van der Waals surface area contributed by atoms with Crippen LogP contribution in [-0.2, 0) is 0 Å². The number of hydrogen-bond donors (Lipinski definition) is 2. The van der Waals surface area contributed by atoms with E-state index < -0.39 is 5.97 Å². The quantitative estimate of drug-likeness (QED) is 0.714. The first-order chi connectivity index (χ1) is 6.56. The van der Waals surface area contributed by atoms with Gasteiger partial charge in [-0.15, -0.1) is 0 Å². The molecule has 0 aliphatic rings. The summed E-state index contributed by atoms with van der Waals surface area (Å²) in [5, 5.41) is 8.93. The van der Waals surface area contributed by atoms with Crippen molar-refractivity contribution in [3.8, 4) is 0 Å². The monoisotopic (exact) mass is 194 g/mol. The molecule has 0 spiro atoms. The maximum Gasteiger partial charge on any atom is 0.337 e. The number of aromatic carboxylic acids is 1. The van der Waals surface area contributed by atoms with Crippen molar-refractivity contribution in [2.24, 2.45) is 0 Å². The second-order valence-corrected chi connectivity index (χ2v) is 3.10. The van der Waals surface area contributed by atoms with Crippen LogP contribution >= 0.6 is 0 Å². The molecular formula is C10H14N2O2. The Morgan fingerprint density at radius 1 is 1.57 bits per heavy atom. The van der Waals surface area contributed by atoms with Gasteiger partial charge >= 0.3 is 5.97 Å². The Bertz CT molecular complexity index is 350. The van der Waals surface area contributed by atoms with Gasteiger partial charge in [0.1, 0.15) is 0 Å². The zero-order valence-electron chi connectivity index (χ0n) is 8.32. The smallest absolute Gasteiger partial charge is 0.337 e. The van der Waals surface area contributed by atoms with Gasteiger partial charge in [0, 0.05) is 19.3 Å². The molecule has 14 heavy (non-hydrogen) atoms. The number of nitrogen functional groups attached to an aromatic ring is 1. The van der Waals surface area contributed by atoms with E-state index in [0.29, 0.717) is 11.4 Å². The van der Waals surface area contributed by atoms with Crippen LogP contribution in [0.4, 0.5) is 11.4 Å². The second-order valence-electron chi connectivity index (χ2n) is 3.10. The van der Waals surface area contributed by atoms with Crippen LogP contribution in [0.2, 0.25) is 0 Å². The van der Waals surface area contributed by atoms with Crippen molar-refractivity contribution >= 4 is 17.3 Å². The summed E-state index contributed by atoms with van der Waals surface area (Å²) in [7, 11) is 1.83. The third kappa shape index (κ3) is 1.96. The highest BCUT2D eigenvalue weighted by Gasteiger charge is 2.12. The predicted molar refractivity (Wildman–Crippen MR) is 56.8 cm³/mol. The van der Waals surface area contributed by atoms with Crippen LogP contribution in [-0.4, -0.2) is 24.7 Å². The van der Waals surface area contributed by atoms with E-state index in [2.05, 4.69) is 0 Å². The first-order valence-electron chi connectivity index (χ1n) is 4.40. The molecule has 0 bridgehead atoms. The average molecular weight is 194 g/mol. The van der Waals surface area contributed by atoms with E-state index in [1.54, 1.807) is 12.1 Å². The van der Waals surface area contributed by atoms with E-state index in [1.165, 1.54) is 6.07 Å². The van der Waals surface area contributed by atoms with Gasteiger partial charge in [-0.3, -0.25) is 0 Å². The maximum atomic E-state index is 10.9. The van der Waals surface area contributed by atoms with Gasteiger partial charge in [0.25, 0.3) is 0 Å². The van der Waals surface area contributed by atoms with E-state index >= 15 is 0 Å². The number of carboxylic acid groups (broad SMARTS) is 1. The summed E-state index contributed by atoms with van der Waals surface area (Å²) in [5.41, 5.74) is 7.11. The van der Waals surface area contributed by atoms with Crippen LogP contribution in [0.5, 0.6) is 0 Å². The van der Waals surface area contributed by atoms with Crippen molar-refractivity contribution in [2.75, 3.05) is 24.2 Å². The van der Waals surface area contributed by atoms with E-state index in [1.807, 2.05) is 18.9 Å². The molecule has 1 rings (SSSR count). The summed E-state index contributed by atoms with van der Waals surface area (Å²) in [6, 6.07) is 4.79. The summed E-state index contributed by atoms with van der Waals surface area (Å²) in [5.74, 6) is -0.930. The fourth-order valence-electron chi connectivity index (χ4n) is 1.22. The van der Waals surface area contributed by atoms with Gasteiger partial charge in [-0.05, 0) is 25.1 Å². The first kappa shape index (κ1) is 10.4. The minimum absolute atomic E-state index is 0.281. The molecule has 4 nitrogen and oxygen atoms in total. The van der Waals surface area contributed by atoms with Crippen LogP contribution in [0.3, 0.4) is 0 Å². The van der Waals surface area contributed by atoms with Gasteiger partial charge < -0.3 is 15.7 Å². The Morgan fingerprint density at radius 3 is 2.71 bits per heavy atom. The van der Waals surface area contributed by atoms with E-state index in [9.17, 15) is 4.79 Å². The van der Waals surface area contributed by atoms with Crippen LogP contribution in [0, 0.1) is 0 Å². The third-order valence-corrected chi connectivity index (χ3v) is 2.14. The van der Waals surface area contributed by atoms with Gasteiger partial charge in [0.15, 0.2) is 0 Å². The summed E-state index contributed by atoms with van der Waals surface area (Å²) < 4.78 is 0. The van der Waals surface area contributed by atoms with Crippen molar-refractivity contribution in [2.45, 2.75) is 6.92 Å². The molecule has 0 saturated carbocycles. The number of carboxylic acids is 1. The Hall–Kier alpha value is -1.71. The number of benzene rings is 1. The highest BCUT2D eigenvalue weighted by molar-refractivity contribution is 5.95. The van der Waals surface area contributed by atoms with Crippen molar-refractivity contribution in [1.29, 1.82) is 0 Å². The number of hydrogen-bond acceptors (Lipinski definition) is 3. The van der Waals surface area contributed by atoms with Crippen LogP contribution < -0.4 is 10.6 Å². The number of anilines is 2. The summed E-state index contributed by atoms with van der Waals surface area (Å²) in [6.07, 6.45) is 0. The molecular weight excluding hydrogens is 180 g/mol. The van der Waals surface area contributed by atoms with Crippen LogP contribution in [0.25, 0.3) is 0 Å². The standard InChI is InChI=1S/C10H14N2O2/c1-3-12(2)9-6-7(11)4-5-8(9)10(13)14/h4-6H,3,11H2,1-2H3,(H,13,14). The maximum absolute atomic E-state index is 10.9. The molecule has 76 valence electrons. The molecule has 0 atom stereocenters. The number of nitrogens with zero attached hydrogens (tertiary/aromatic N) is 1. The molecule has 0 aliphatic carbocycles. The molecule has 0 heterocycles. The average Bonchev–Trinajstić information content (AvgIpc) is 2.16. The largest absolute Gasteiger partial charge is 0.478 e. The number of rotatable bonds is 3. The molecule has 1 aromatic rings. The summed E-state index contributed by atoms with van der Waals surface area (Å²) in [4.78, 5) is 12.7. The van der Waals surface area contributed by atoms with Crippen molar-refractivity contribution < 1.29 is 9.90 Å². The molecule has 0 aliphatic heterocycles. The molecule has 4 heteroatoms. The number of nitrogens with two attached hydrogens (primary N) is 1. The lowest BCUT2D eigenvalue weighted by atomic mass is 10.1. The fraction of sp³-hybridized carbons (Fsp3) is 0.300.